The average molecular weight is 338 g/mol. The normalized spacial score (nSPS) is 34.2. The zero-order valence-electron chi connectivity index (χ0n) is 11.8. The summed E-state index contributed by atoms with van der Waals surface area (Å²) in [4.78, 5) is 12.7. The van der Waals surface area contributed by atoms with Gasteiger partial charge in [0.15, 0.2) is 0 Å². The van der Waals surface area contributed by atoms with Crippen molar-refractivity contribution >= 4 is 27.5 Å². The highest BCUT2D eigenvalue weighted by Crippen LogP contribution is 2.62. The Balaban J connectivity index is 1.82. The SMILES string of the molecule is CC1(C)C2CCC(C(=O)Nc3ccc(Br)cc3)(C2)C1O. The Bertz CT molecular complexity index is 540. The highest BCUT2D eigenvalue weighted by atomic mass is 79.9. The Labute approximate surface area is 127 Å². The first-order chi connectivity index (χ1) is 9.36. The Kier molecular flexibility index (Phi) is 3.22. The largest absolute Gasteiger partial charge is 0.391 e. The molecule has 3 atom stereocenters. The fourth-order valence-electron chi connectivity index (χ4n) is 4.01. The number of hydrogen-bond donors (Lipinski definition) is 2. The van der Waals surface area contributed by atoms with E-state index in [2.05, 4.69) is 35.1 Å². The van der Waals surface area contributed by atoms with Crippen molar-refractivity contribution in [3.8, 4) is 0 Å². The van der Waals surface area contributed by atoms with Crippen LogP contribution in [0, 0.1) is 16.7 Å². The van der Waals surface area contributed by atoms with Gasteiger partial charge in [0.25, 0.3) is 0 Å². The molecule has 2 fully saturated rings. The molecule has 0 saturated heterocycles. The van der Waals surface area contributed by atoms with Gasteiger partial charge in [0.2, 0.25) is 5.91 Å². The fourth-order valence-corrected chi connectivity index (χ4v) is 4.28. The van der Waals surface area contributed by atoms with Crippen molar-refractivity contribution in [1.29, 1.82) is 0 Å². The van der Waals surface area contributed by atoms with Gasteiger partial charge in [0.05, 0.1) is 11.5 Å². The van der Waals surface area contributed by atoms with Gasteiger partial charge in [-0.3, -0.25) is 4.79 Å². The highest BCUT2D eigenvalue weighted by molar-refractivity contribution is 9.10. The van der Waals surface area contributed by atoms with Crippen molar-refractivity contribution in [3.63, 3.8) is 0 Å². The predicted octanol–water partition coefficient (Wildman–Crippen LogP) is 3.57. The molecule has 2 aliphatic rings. The first-order valence-corrected chi connectivity index (χ1v) is 7.91. The van der Waals surface area contributed by atoms with E-state index in [1.165, 1.54) is 0 Å². The van der Waals surface area contributed by atoms with Gasteiger partial charge in [0, 0.05) is 10.2 Å². The minimum absolute atomic E-state index is 0.0274. The van der Waals surface area contributed by atoms with Gasteiger partial charge in [0.1, 0.15) is 0 Å². The summed E-state index contributed by atoms with van der Waals surface area (Å²) < 4.78 is 0.983. The molecule has 4 heteroatoms. The number of hydrogen-bond acceptors (Lipinski definition) is 2. The van der Waals surface area contributed by atoms with E-state index < -0.39 is 11.5 Å². The van der Waals surface area contributed by atoms with Crippen LogP contribution in [0.3, 0.4) is 0 Å². The Morgan fingerprint density at radius 1 is 1.35 bits per heavy atom. The van der Waals surface area contributed by atoms with Gasteiger partial charge in [-0.15, -0.1) is 0 Å². The first-order valence-electron chi connectivity index (χ1n) is 7.11. The molecule has 3 rings (SSSR count). The molecular weight excluding hydrogens is 318 g/mol. The first kappa shape index (κ1) is 14.1. The molecule has 0 spiro atoms. The summed E-state index contributed by atoms with van der Waals surface area (Å²) in [5.41, 5.74) is 0.0317. The summed E-state index contributed by atoms with van der Waals surface area (Å²) in [5.74, 6) is 0.425. The van der Waals surface area contributed by atoms with Crippen molar-refractivity contribution in [2.24, 2.45) is 16.7 Å². The number of benzene rings is 1. The second kappa shape index (κ2) is 4.57. The van der Waals surface area contributed by atoms with Crippen molar-refractivity contribution in [1.82, 2.24) is 0 Å². The van der Waals surface area contributed by atoms with Crippen LogP contribution in [0.1, 0.15) is 33.1 Å². The van der Waals surface area contributed by atoms with E-state index in [1.807, 2.05) is 24.3 Å². The van der Waals surface area contributed by atoms with Crippen LogP contribution in [0.25, 0.3) is 0 Å². The van der Waals surface area contributed by atoms with E-state index in [0.29, 0.717) is 5.92 Å². The van der Waals surface area contributed by atoms with Gasteiger partial charge < -0.3 is 10.4 Å². The van der Waals surface area contributed by atoms with Crippen molar-refractivity contribution < 1.29 is 9.90 Å². The molecule has 3 nitrogen and oxygen atoms in total. The third-order valence-corrected chi connectivity index (χ3v) is 5.91. The summed E-state index contributed by atoms with van der Waals surface area (Å²) in [6, 6.07) is 7.55. The number of aliphatic hydroxyl groups excluding tert-OH is 1. The van der Waals surface area contributed by atoms with Gasteiger partial charge in [-0.25, -0.2) is 0 Å². The highest BCUT2D eigenvalue weighted by Gasteiger charge is 2.64. The molecule has 0 aromatic heterocycles. The van der Waals surface area contributed by atoms with Crippen LogP contribution in [-0.4, -0.2) is 17.1 Å². The zero-order valence-corrected chi connectivity index (χ0v) is 13.4. The van der Waals surface area contributed by atoms with Crippen LogP contribution in [0.15, 0.2) is 28.7 Å². The molecular formula is C16H20BrNO2. The number of nitrogens with one attached hydrogen (secondary N) is 1. The van der Waals surface area contributed by atoms with E-state index in [-0.39, 0.29) is 11.3 Å². The van der Waals surface area contributed by atoms with Crippen molar-refractivity contribution in [2.75, 3.05) is 5.32 Å². The van der Waals surface area contributed by atoms with Gasteiger partial charge in [-0.05, 0) is 54.9 Å². The third-order valence-electron chi connectivity index (χ3n) is 5.38. The number of carbonyl (C=O) groups excluding carboxylic acids is 1. The Morgan fingerprint density at radius 3 is 2.55 bits per heavy atom. The number of amides is 1. The molecule has 2 N–H and O–H groups in total. The number of anilines is 1. The van der Waals surface area contributed by atoms with Gasteiger partial charge in [-0.2, -0.15) is 0 Å². The summed E-state index contributed by atoms with van der Waals surface area (Å²) in [7, 11) is 0. The zero-order chi connectivity index (χ0) is 14.5. The molecule has 20 heavy (non-hydrogen) atoms. The summed E-state index contributed by atoms with van der Waals surface area (Å²) in [6.07, 6.45) is 2.09. The molecule has 0 heterocycles. The van der Waals surface area contributed by atoms with Crippen LogP contribution in [0.5, 0.6) is 0 Å². The minimum atomic E-state index is -0.596. The smallest absolute Gasteiger partial charge is 0.233 e. The quantitative estimate of drug-likeness (QED) is 0.866. The third kappa shape index (κ3) is 1.92. The van der Waals surface area contributed by atoms with Crippen LogP contribution < -0.4 is 5.32 Å². The topological polar surface area (TPSA) is 49.3 Å². The molecule has 0 aliphatic heterocycles. The van der Waals surface area contributed by atoms with Gasteiger partial charge >= 0.3 is 0 Å². The lowest BCUT2D eigenvalue weighted by molar-refractivity contribution is -0.135. The van der Waals surface area contributed by atoms with E-state index in [9.17, 15) is 9.90 Å². The lowest BCUT2D eigenvalue weighted by Gasteiger charge is -2.39. The van der Waals surface area contributed by atoms with E-state index in [0.717, 1.165) is 29.4 Å². The number of fused-ring (bicyclic) bond motifs is 2. The summed E-state index contributed by atoms with van der Waals surface area (Å²) in [5, 5.41) is 13.6. The fraction of sp³-hybridized carbons (Fsp3) is 0.562. The van der Waals surface area contributed by atoms with Crippen molar-refractivity contribution in [3.05, 3.63) is 28.7 Å². The number of halogens is 1. The maximum Gasteiger partial charge on any atom is 0.233 e. The van der Waals surface area contributed by atoms with Gasteiger partial charge in [-0.1, -0.05) is 29.8 Å². The molecule has 108 valence electrons. The second-order valence-electron chi connectivity index (χ2n) is 6.78. The van der Waals surface area contributed by atoms with Crippen LogP contribution >= 0.6 is 15.9 Å². The minimum Gasteiger partial charge on any atom is -0.391 e. The molecule has 3 unspecified atom stereocenters. The number of rotatable bonds is 2. The monoisotopic (exact) mass is 337 g/mol. The lowest BCUT2D eigenvalue weighted by Crippen LogP contribution is -2.48. The Hall–Kier alpha value is -0.870. The molecule has 1 amide bonds. The molecule has 0 radical (unpaired) electrons. The summed E-state index contributed by atoms with van der Waals surface area (Å²) >= 11 is 3.38. The molecule has 1 aromatic carbocycles. The van der Waals surface area contributed by atoms with Crippen LogP contribution in [0.4, 0.5) is 5.69 Å². The van der Waals surface area contributed by atoms with E-state index in [1.54, 1.807) is 0 Å². The molecule has 1 aromatic rings. The maximum absolute atomic E-state index is 12.7. The standard InChI is InChI=1S/C16H20BrNO2/c1-15(2)10-7-8-16(9-10,13(15)19)14(20)18-12-5-3-11(17)4-6-12/h3-6,10,13,19H,7-9H2,1-2H3,(H,18,20). The maximum atomic E-state index is 12.7. The number of carbonyl (C=O) groups is 1. The molecule has 2 bridgehead atoms. The predicted molar refractivity (Wildman–Crippen MR) is 82.3 cm³/mol. The van der Waals surface area contributed by atoms with Crippen LogP contribution in [-0.2, 0) is 4.79 Å². The van der Waals surface area contributed by atoms with E-state index in [4.69, 9.17) is 0 Å². The van der Waals surface area contributed by atoms with E-state index >= 15 is 0 Å². The number of aliphatic hydroxyl groups is 1. The molecule has 2 saturated carbocycles. The average Bonchev–Trinajstić information content (AvgIpc) is 2.93. The lowest BCUT2D eigenvalue weighted by atomic mass is 9.69. The molecule has 2 aliphatic carbocycles. The van der Waals surface area contributed by atoms with Crippen LogP contribution in [0.2, 0.25) is 0 Å². The van der Waals surface area contributed by atoms with Crippen molar-refractivity contribution in [2.45, 2.75) is 39.2 Å². The Morgan fingerprint density at radius 2 is 2.00 bits per heavy atom. The summed E-state index contributed by atoms with van der Waals surface area (Å²) in [6.45, 7) is 4.16. The second-order valence-corrected chi connectivity index (χ2v) is 7.70.